The van der Waals surface area contributed by atoms with Crippen molar-refractivity contribution in [3.63, 3.8) is 0 Å². The number of nitrogens with two attached hydrogens (primary N) is 1. The van der Waals surface area contributed by atoms with Crippen LogP contribution in [0.25, 0.3) is 0 Å². The van der Waals surface area contributed by atoms with Gasteiger partial charge in [-0.3, -0.25) is 9.59 Å². The van der Waals surface area contributed by atoms with E-state index in [1.165, 1.54) is 0 Å². The van der Waals surface area contributed by atoms with Crippen molar-refractivity contribution in [2.75, 3.05) is 26.2 Å². The maximum absolute atomic E-state index is 11.9. The largest absolute Gasteiger partial charge is 0.401 e. The molecular formula is C10H18F3N3O2. The molecular weight excluding hydrogens is 251 g/mol. The van der Waals surface area contributed by atoms with Crippen LogP contribution in [0.2, 0.25) is 0 Å². The topological polar surface area (TPSA) is 75.4 Å². The van der Waals surface area contributed by atoms with Crippen LogP contribution in [0.1, 0.15) is 19.8 Å². The summed E-state index contributed by atoms with van der Waals surface area (Å²) in [6.07, 6.45) is -2.89. The van der Waals surface area contributed by atoms with Gasteiger partial charge in [-0.2, -0.15) is 13.2 Å². The zero-order valence-corrected chi connectivity index (χ0v) is 10.2. The molecule has 3 N–H and O–H groups in total. The molecule has 5 nitrogen and oxygen atoms in total. The van der Waals surface area contributed by atoms with Gasteiger partial charge in [0.05, 0.1) is 19.6 Å². The highest BCUT2D eigenvalue weighted by Crippen LogP contribution is 2.11. The molecule has 0 heterocycles. The van der Waals surface area contributed by atoms with E-state index in [1.54, 1.807) is 0 Å². The van der Waals surface area contributed by atoms with E-state index in [1.807, 2.05) is 12.2 Å². The molecule has 0 unspecified atom stereocenters. The Kier molecular flexibility index (Phi) is 7.33. The van der Waals surface area contributed by atoms with Crippen LogP contribution in [-0.2, 0) is 9.59 Å². The van der Waals surface area contributed by atoms with Crippen molar-refractivity contribution in [3.8, 4) is 0 Å². The van der Waals surface area contributed by atoms with E-state index in [4.69, 9.17) is 5.73 Å². The summed E-state index contributed by atoms with van der Waals surface area (Å²) in [5.41, 5.74) is 4.97. The molecule has 0 aliphatic rings. The number of alkyl halides is 3. The number of nitrogens with one attached hydrogen (secondary N) is 1. The van der Waals surface area contributed by atoms with E-state index in [2.05, 4.69) is 0 Å². The van der Waals surface area contributed by atoms with Gasteiger partial charge in [-0.25, -0.2) is 0 Å². The summed E-state index contributed by atoms with van der Waals surface area (Å²) >= 11 is 0. The standard InChI is InChI=1S/C10H18F3N3O2/c1-2-3-4-16(6-8(14)17)9(18)5-15-7-10(11,12)13/h15H,2-7H2,1H3,(H2,14,17). The molecule has 0 aromatic carbocycles. The van der Waals surface area contributed by atoms with Gasteiger partial charge in [-0.1, -0.05) is 13.3 Å². The van der Waals surface area contributed by atoms with Gasteiger partial charge in [0.2, 0.25) is 11.8 Å². The molecule has 0 atom stereocenters. The monoisotopic (exact) mass is 269 g/mol. The van der Waals surface area contributed by atoms with Crippen LogP contribution in [0, 0.1) is 0 Å². The van der Waals surface area contributed by atoms with Crippen LogP contribution in [0.5, 0.6) is 0 Å². The first-order valence-electron chi connectivity index (χ1n) is 5.59. The maximum atomic E-state index is 11.9. The average molecular weight is 269 g/mol. The fraction of sp³-hybridized carbons (Fsp3) is 0.800. The number of amides is 2. The average Bonchev–Trinajstić information content (AvgIpc) is 2.21. The molecule has 0 rings (SSSR count). The minimum Gasteiger partial charge on any atom is -0.368 e. The van der Waals surface area contributed by atoms with Crippen LogP contribution in [0.15, 0.2) is 0 Å². The lowest BCUT2D eigenvalue weighted by Crippen LogP contribution is -2.44. The Balaban J connectivity index is 4.15. The van der Waals surface area contributed by atoms with Crippen LogP contribution >= 0.6 is 0 Å². The Hall–Kier alpha value is -1.31. The molecule has 0 aromatic heterocycles. The smallest absolute Gasteiger partial charge is 0.368 e. The van der Waals surface area contributed by atoms with Crippen molar-refractivity contribution in [1.82, 2.24) is 10.2 Å². The van der Waals surface area contributed by atoms with E-state index in [0.717, 1.165) is 11.3 Å². The fourth-order valence-corrected chi connectivity index (χ4v) is 1.25. The van der Waals surface area contributed by atoms with E-state index >= 15 is 0 Å². The summed E-state index contributed by atoms with van der Waals surface area (Å²) in [4.78, 5) is 23.5. The number of hydrogen-bond acceptors (Lipinski definition) is 3. The lowest BCUT2D eigenvalue weighted by Gasteiger charge is -2.21. The molecule has 0 fully saturated rings. The van der Waals surface area contributed by atoms with Crippen LogP contribution in [0.3, 0.4) is 0 Å². The zero-order chi connectivity index (χ0) is 14.2. The van der Waals surface area contributed by atoms with Crippen LogP contribution in [-0.4, -0.2) is 49.1 Å². The Morgan fingerprint density at radius 2 is 1.94 bits per heavy atom. The predicted octanol–water partition coefficient (Wildman–Crippen LogP) is 0.252. The van der Waals surface area contributed by atoms with Crippen molar-refractivity contribution in [2.45, 2.75) is 25.9 Å². The summed E-state index contributed by atoms with van der Waals surface area (Å²) < 4.78 is 35.6. The fourth-order valence-electron chi connectivity index (χ4n) is 1.25. The summed E-state index contributed by atoms with van der Waals surface area (Å²) in [7, 11) is 0. The number of nitrogens with zero attached hydrogens (tertiary/aromatic N) is 1. The number of hydrogen-bond donors (Lipinski definition) is 2. The van der Waals surface area contributed by atoms with Crippen molar-refractivity contribution >= 4 is 11.8 Å². The third-order valence-electron chi connectivity index (χ3n) is 2.08. The van der Waals surface area contributed by atoms with Gasteiger partial charge in [0.25, 0.3) is 0 Å². The summed E-state index contributed by atoms with van der Waals surface area (Å²) in [6.45, 7) is 0.237. The molecule has 18 heavy (non-hydrogen) atoms. The van der Waals surface area contributed by atoms with Crippen LogP contribution < -0.4 is 11.1 Å². The van der Waals surface area contributed by atoms with Gasteiger partial charge in [0.1, 0.15) is 0 Å². The third kappa shape index (κ3) is 8.80. The highest BCUT2D eigenvalue weighted by molar-refractivity contribution is 5.84. The number of carbonyl (C=O) groups is 2. The Bertz CT molecular complexity index is 282. The maximum Gasteiger partial charge on any atom is 0.401 e. The van der Waals surface area contributed by atoms with Gasteiger partial charge in [0, 0.05) is 6.54 Å². The van der Waals surface area contributed by atoms with Gasteiger partial charge in [-0.15, -0.1) is 0 Å². The van der Waals surface area contributed by atoms with Crippen molar-refractivity contribution in [2.24, 2.45) is 5.73 Å². The lowest BCUT2D eigenvalue weighted by atomic mass is 10.3. The van der Waals surface area contributed by atoms with Gasteiger partial charge in [-0.05, 0) is 6.42 Å². The number of carbonyl (C=O) groups excluding carboxylic acids is 2. The van der Waals surface area contributed by atoms with Gasteiger partial charge >= 0.3 is 6.18 Å². The Labute approximate surface area is 103 Å². The number of halogens is 3. The predicted molar refractivity (Wildman–Crippen MR) is 59.6 cm³/mol. The second kappa shape index (κ2) is 7.91. The molecule has 106 valence electrons. The minimum atomic E-state index is -4.36. The summed E-state index contributed by atoms with van der Waals surface area (Å²) in [5.74, 6) is -1.25. The highest BCUT2D eigenvalue weighted by Gasteiger charge is 2.27. The number of primary amides is 1. The molecule has 0 aliphatic carbocycles. The molecule has 2 amide bonds. The van der Waals surface area contributed by atoms with E-state index in [-0.39, 0.29) is 6.54 Å². The van der Waals surface area contributed by atoms with Crippen molar-refractivity contribution in [3.05, 3.63) is 0 Å². The van der Waals surface area contributed by atoms with Crippen molar-refractivity contribution < 1.29 is 22.8 Å². The second-order valence-electron chi connectivity index (χ2n) is 3.85. The first-order chi connectivity index (χ1) is 8.26. The lowest BCUT2D eigenvalue weighted by molar-refractivity contribution is -0.137. The number of rotatable bonds is 8. The zero-order valence-electron chi connectivity index (χ0n) is 10.2. The molecule has 0 radical (unpaired) electrons. The molecule has 8 heteroatoms. The van der Waals surface area contributed by atoms with E-state index < -0.39 is 31.1 Å². The molecule has 0 saturated carbocycles. The SMILES string of the molecule is CCCCN(CC(N)=O)C(=O)CNCC(F)(F)F. The number of unbranched alkanes of at least 4 members (excludes halogenated alkanes) is 1. The molecule has 0 bridgehead atoms. The molecule has 0 aromatic rings. The highest BCUT2D eigenvalue weighted by atomic mass is 19.4. The van der Waals surface area contributed by atoms with Gasteiger partial charge < -0.3 is 16.0 Å². The van der Waals surface area contributed by atoms with Crippen LogP contribution in [0.4, 0.5) is 13.2 Å². The first kappa shape index (κ1) is 16.7. The molecule has 0 spiro atoms. The summed E-state index contributed by atoms with van der Waals surface area (Å²) in [6, 6.07) is 0. The van der Waals surface area contributed by atoms with E-state index in [0.29, 0.717) is 13.0 Å². The Morgan fingerprint density at radius 1 is 1.33 bits per heavy atom. The molecule has 0 saturated heterocycles. The third-order valence-corrected chi connectivity index (χ3v) is 2.08. The summed E-state index contributed by atoms with van der Waals surface area (Å²) in [5, 5.41) is 1.99. The van der Waals surface area contributed by atoms with Crippen molar-refractivity contribution in [1.29, 1.82) is 0 Å². The molecule has 0 aliphatic heterocycles. The second-order valence-corrected chi connectivity index (χ2v) is 3.85. The van der Waals surface area contributed by atoms with Gasteiger partial charge in [0.15, 0.2) is 0 Å². The normalized spacial score (nSPS) is 11.3. The Morgan fingerprint density at radius 3 is 2.39 bits per heavy atom. The first-order valence-corrected chi connectivity index (χ1v) is 5.59. The minimum absolute atomic E-state index is 0.271. The van der Waals surface area contributed by atoms with E-state index in [9.17, 15) is 22.8 Å². The quantitative estimate of drug-likeness (QED) is 0.663.